The quantitative estimate of drug-likeness (QED) is 0.409. The maximum absolute atomic E-state index is 14.3. The van der Waals surface area contributed by atoms with E-state index in [-0.39, 0.29) is 47.1 Å². The summed E-state index contributed by atoms with van der Waals surface area (Å²) < 4.78 is 27.7. The number of aromatic nitrogens is 2. The number of hydrogen-bond acceptors (Lipinski definition) is 6. The molecular formula is C34H54F2N6O2. The molecule has 4 aliphatic rings. The van der Waals surface area contributed by atoms with Crippen molar-refractivity contribution in [2.45, 2.75) is 116 Å². The smallest absolute Gasteiger partial charge is 0.257 e. The summed E-state index contributed by atoms with van der Waals surface area (Å²) in [5.41, 5.74) is 2.05. The predicted molar refractivity (Wildman–Crippen MR) is 168 cm³/mol. The van der Waals surface area contributed by atoms with Crippen molar-refractivity contribution >= 4 is 11.8 Å². The standard InChI is InChI=1S/C34H54F2N6O2/c1-5-6-7-27-31(43)42(28(22-29(35)36)26-8-15-37-16-9-26)21-14-34(27)12-19-41(20-13-34)33(4)10-17-40(18-11-33)32(44)30-24(2)38-23-39-25(30)3/h23,26-29,37H,5-22H2,1-4H3. The van der Waals surface area contributed by atoms with Crippen LogP contribution in [-0.2, 0) is 4.79 Å². The van der Waals surface area contributed by atoms with E-state index in [0.29, 0.717) is 25.2 Å². The Labute approximate surface area is 262 Å². The van der Waals surface area contributed by atoms with Gasteiger partial charge in [-0.3, -0.25) is 14.5 Å². The summed E-state index contributed by atoms with van der Waals surface area (Å²) >= 11 is 0. The van der Waals surface area contributed by atoms with Gasteiger partial charge in [0.2, 0.25) is 12.3 Å². The SMILES string of the molecule is CCCCC1C(=O)N(C(CC(F)F)C2CCNCC2)CCC12CCN(C1(C)CCN(C(=O)c3c(C)ncnc3C)CC1)CC2. The highest BCUT2D eigenvalue weighted by Crippen LogP contribution is 2.50. The van der Waals surface area contributed by atoms with Gasteiger partial charge in [0, 0.05) is 43.6 Å². The van der Waals surface area contributed by atoms with Crippen molar-refractivity contribution in [3.63, 3.8) is 0 Å². The molecular weight excluding hydrogens is 562 g/mol. The molecule has 0 aliphatic carbocycles. The topological polar surface area (TPSA) is 81.7 Å². The molecule has 2 amide bonds. The number of alkyl halides is 2. The molecule has 0 bridgehead atoms. The molecule has 4 fully saturated rings. The average Bonchev–Trinajstić information content (AvgIpc) is 3.01. The van der Waals surface area contributed by atoms with Crippen molar-refractivity contribution in [3.05, 3.63) is 23.3 Å². The highest BCUT2D eigenvalue weighted by Gasteiger charge is 2.52. The lowest BCUT2D eigenvalue weighted by atomic mass is 9.61. The van der Waals surface area contributed by atoms with Crippen LogP contribution in [0.2, 0.25) is 0 Å². The van der Waals surface area contributed by atoms with Crippen molar-refractivity contribution in [2.24, 2.45) is 17.3 Å². The molecule has 10 heteroatoms. The van der Waals surface area contributed by atoms with Crippen LogP contribution in [-0.4, -0.2) is 100 Å². The maximum atomic E-state index is 14.3. The van der Waals surface area contributed by atoms with Crippen LogP contribution in [0.4, 0.5) is 8.78 Å². The van der Waals surface area contributed by atoms with Gasteiger partial charge in [0.1, 0.15) is 6.33 Å². The van der Waals surface area contributed by atoms with Gasteiger partial charge in [-0.15, -0.1) is 0 Å². The molecule has 246 valence electrons. The molecule has 4 aliphatic heterocycles. The Morgan fingerprint density at radius 1 is 1.00 bits per heavy atom. The minimum Gasteiger partial charge on any atom is -0.339 e. The van der Waals surface area contributed by atoms with E-state index in [2.05, 4.69) is 34.0 Å². The molecule has 5 rings (SSSR count). The van der Waals surface area contributed by atoms with E-state index in [1.54, 1.807) is 0 Å². The Hall–Kier alpha value is -2.20. The molecule has 2 atom stereocenters. The number of unbranched alkanes of at least 4 members (excludes halogenated alkanes) is 1. The summed E-state index contributed by atoms with van der Waals surface area (Å²) in [5.74, 6) is 0.249. The Morgan fingerprint density at radius 2 is 1.61 bits per heavy atom. The van der Waals surface area contributed by atoms with Crippen molar-refractivity contribution in [3.8, 4) is 0 Å². The molecule has 44 heavy (non-hydrogen) atoms. The van der Waals surface area contributed by atoms with Crippen LogP contribution in [0.3, 0.4) is 0 Å². The van der Waals surface area contributed by atoms with Crippen LogP contribution >= 0.6 is 0 Å². The lowest BCUT2D eigenvalue weighted by molar-refractivity contribution is -0.157. The molecule has 0 aromatic carbocycles. The van der Waals surface area contributed by atoms with Gasteiger partial charge in [0.05, 0.1) is 17.0 Å². The number of carbonyl (C=O) groups is 2. The van der Waals surface area contributed by atoms with Gasteiger partial charge in [-0.25, -0.2) is 18.7 Å². The number of halogens is 2. The van der Waals surface area contributed by atoms with Gasteiger partial charge in [0.15, 0.2) is 0 Å². The summed E-state index contributed by atoms with van der Waals surface area (Å²) in [5, 5.41) is 3.35. The van der Waals surface area contributed by atoms with Crippen LogP contribution in [0.15, 0.2) is 6.33 Å². The number of nitrogens with zero attached hydrogens (tertiary/aromatic N) is 5. The zero-order valence-corrected chi connectivity index (χ0v) is 27.4. The summed E-state index contributed by atoms with van der Waals surface area (Å²) in [6, 6.07) is -0.354. The number of hydrogen-bond donors (Lipinski definition) is 1. The molecule has 2 unspecified atom stereocenters. The Balaban J connectivity index is 1.24. The highest BCUT2D eigenvalue weighted by atomic mass is 19.3. The zero-order chi connectivity index (χ0) is 31.5. The van der Waals surface area contributed by atoms with Crippen molar-refractivity contribution in [1.29, 1.82) is 0 Å². The zero-order valence-electron chi connectivity index (χ0n) is 27.4. The Kier molecular flexibility index (Phi) is 10.6. The first-order chi connectivity index (χ1) is 21.1. The molecule has 8 nitrogen and oxygen atoms in total. The van der Waals surface area contributed by atoms with Crippen LogP contribution in [0.5, 0.6) is 0 Å². The summed E-state index contributed by atoms with van der Waals surface area (Å²) in [7, 11) is 0. The van der Waals surface area contributed by atoms with E-state index in [1.165, 1.54) is 6.33 Å². The molecule has 1 N–H and O–H groups in total. The van der Waals surface area contributed by atoms with Gasteiger partial charge in [-0.05, 0) is 110 Å². The van der Waals surface area contributed by atoms with Crippen LogP contribution < -0.4 is 5.32 Å². The van der Waals surface area contributed by atoms with Crippen molar-refractivity contribution < 1.29 is 18.4 Å². The third-order valence-electron chi connectivity index (χ3n) is 11.9. The molecule has 1 aromatic heterocycles. The highest BCUT2D eigenvalue weighted by molar-refractivity contribution is 5.96. The first-order valence-electron chi connectivity index (χ1n) is 17.2. The summed E-state index contributed by atoms with van der Waals surface area (Å²) in [6.07, 6.45) is 8.22. The third-order valence-corrected chi connectivity index (χ3v) is 11.9. The van der Waals surface area contributed by atoms with E-state index in [9.17, 15) is 18.4 Å². The molecule has 5 heterocycles. The summed E-state index contributed by atoms with van der Waals surface area (Å²) in [4.78, 5) is 42.6. The fraction of sp³-hybridized carbons (Fsp3) is 0.824. The fourth-order valence-electron chi connectivity index (χ4n) is 8.90. The van der Waals surface area contributed by atoms with E-state index in [4.69, 9.17) is 0 Å². The predicted octanol–water partition coefficient (Wildman–Crippen LogP) is 5.23. The second-order valence-corrected chi connectivity index (χ2v) is 14.3. The second-order valence-electron chi connectivity index (χ2n) is 14.3. The summed E-state index contributed by atoms with van der Waals surface area (Å²) in [6.45, 7) is 13.8. The van der Waals surface area contributed by atoms with Gasteiger partial charge in [0.25, 0.3) is 5.91 Å². The minimum absolute atomic E-state index is 0.0106. The monoisotopic (exact) mass is 616 g/mol. The number of piperidine rings is 4. The van der Waals surface area contributed by atoms with Crippen LogP contribution in [0, 0.1) is 31.1 Å². The Bertz CT molecular complexity index is 1120. The molecule has 0 saturated carbocycles. The number of likely N-dealkylation sites (tertiary alicyclic amines) is 3. The normalized spacial score (nSPS) is 25.5. The van der Waals surface area contributed by atoms with Crippen molar-refractivity contribution in [2.75, 3.05) is 45.8 Å². The van der Waals surface area contributed by atoms with E-state index in [1.807, 2.05) is 23.6 Å². The maximum Gasteiger partial charge on any atom is 0.257 e. The first-order valence-corrected chi connectivity index (χ1v) is 17.2. The largest absolute Gasteiger partial charge is 0.339 e. The molecule has 1 spiro atoms. The Morgan fingerprint density at radius 3 is 2.20 bits per heavy atom. The van der Waals surface area contributed by atoms with Gasteiger partial charge in [-0.2, -0.15) is 0 Å². The molecule has 0 radical (unpaired) electrons. The van der Waals surface area contributed by atoms with Crippen molar-refractivity contribution in [1.82, 2.24) is 30.0 Å². The fourth-order valence-corrected chi connectivity index (χ4v) is 8.90. The average molecular weight is 617 g/mol. The number of aryl methyl sites for hydroxylation is 2. The van der Waals surface area contributed by atoms with E-state index >= 15 is 0 Å². The lowest BCUT2D eigenvalue weighted by Crippen LogP contribution is -2.62. The van der Waals surface area contributed by atoms with E-state index in [0.717, 1.165) is 102 Å². The number of carbonyl (C=O) groups excluding carboxylic acids is 2. The third kappa shape index (κ3) is 6.81. The first kappa shape index (κ1) is 33.2. The second kappa shape index (κ2) is 14.1. The lowest BCUT2D eigenvalue weighted by Gasteiger charge is -2.56. The van der Waals surface area contributed by atoms with Crippen LogP contribution in [0.1, 0.15) is 106 Å². The molecule has 4 saturated heterocycles. The van der Waals surface area contributed by atoms with Gasteiger partial charge >= 0.3 is 0 Å². The van der Waals surface area contributed by atoms with Gasteiger partial charge in [-0.1, -0.05) is 19.8 Å². The number of rotatable bonds is 9. The number of nitrogens with one attached hydrogen (secondary N) is 1. The van der Waals surface area contributed by atoms with Gasteiger partial charge < -0.3 is 15.1 Å². The van der Waals surface area contributed by atoms with E-state index < -0.39 is 6.43 Å². The number of amides is 2. The molecule has 1 aromatic rings. The van der Waals surface area contributed by atoms with Crippen LogP contribution in [0.25, 0.3) is 0 Å². The minimum atomic E-state index is -2.40.